The van der Waals surface area contributed by atoms with Gasteiger partial charge in [-0.3, -0.25) is 0 Å². The maximum absolute atomic E-state index is 13.8. The number of imidazole rings is 1. The standard InChI is InChI=1S/C13H15F2N3/c14-9-5-6-10-12(11(9)15)18(13(16)17-10)7-1-2-8-3-4-8/h5-6,8H,1-4,7H2,(H2,16,17). The molecule has 1 aromatic heterocycles. The molecule has 1 aliphatic rings. The van der Waals surface area contributed by atoms with Gasteiger partial charge in [0.25, 0.3) is 0 Å². The number of anilines is 1. The molecule has 3 nitrogen and oxygen atoms in total. The number of hydrogen-bond donors (Lipinski definition) is 1. The number of aryl methyl sites for hydroxylation is 1. The van der Waals surface area contributed by atoms with E-state index in [1.54, 1.807) is 4.57 Å². The lowest BCUT2D eigenvalue weighted by molar-refractivity contribution is 0.508. The van der Waals surface area contributed by atoms with Crippen LogP contribution in [0.15, 0.2) is 12.1 Å². The summed E-state index contributed by atoms with van der Waals surface area (Å²) < 4.78 is 28.6. The van der Waals surface area contributed by atoms with E-state index in [0.717, 1.165) is 24.8 Å². The van der Waals surface area contributed by atoms with Crippen LogP contribution in [0.2, 0.25) is 0 Å². The monoisotopic (exact) mass is 251 g/mol. The fourth-order valence-electron chi connectivity index (χ4n) is 2.35. The van der Waals surface area contributed by atoms with Gasteiger partial charge in [-0.05, 0) is 30.9 Å². The summed E-state index contributed by atoms with van der Waals surface area (Å²) in [5, 5.41) is 0. The second kappa shape index (κ2) is 4.23. The molecule has 1 saturated carbocycles. The molecule has 1 fully saturated rings. The van der Waals surface area contributed by atoms with Crippen molar-refractivity contribution >= 4 is 17.0 Å². The van der Waals surface area contributed by atoms with Crippen LogP contribution in [0.4, 0.5) is 14.7 Å². The molecule has 0 unspecified atom stereocenters. The zero-order valence-corrected chi connectivity index (χ0v) is 10.00. The highest BCUT2D eigenvalue weighted by molar-refractivity contribution is 5.79. The van der Waals surface area contributed by atoms with Gasteiger partial charge in [-0.25, -0.2) is 13.8 Å². The van der Waals surface area contributed by atoms with Crippen LogP contribution in [-0.2, 0) is 6.54 Å². The third-order valence-electron chi connectivity index (χ3n) is 3.52. The first kappa shape index (κ1) is 11.4. The first-order valence-electron chi connectivity index (χ1n) is 6.26. The Bertz CT molecular complexity index is 587. The molecule has 0 radical (unpaired) electrons. The highest BCUT2D eigenvalue weighted by Crippen LogP contribution is 2.34. The average molecular weight is 251 g/mol. The number of hydrogen-bond acceptors (Lipinski definition) is 2. The predicted molar refractivity (Wildman–Crippen MR) is 66.0 cm³/mol. The van der Waals surface area contributed by atoms with Gasteiger partial charge in [-0.2, -0.15) is 0 Å². The number of aromatic nitrogens is 2. The Hall–Kier alpha value is -1.65. The van der Waals surface area contributed by atoms with E-state index in [1.807, 2.05) is 0 Å². The van der Waals surface area contributed by atoms with Crippen LogP contribution in [0.5, 0.6) is 0 Å². The van der Waals surface area contributed by atoms with Gasteiger partial charge in [0.05, 0.1) is 5.52 Å². The van der Waals surface area contributed by atoms with Crippen molar-refractivity contribution in [2.75, 3.05) is 5.73 Å². The van der Waals surface area contributed by atoms with E-state index < -0.39 is 11.6 Å². The van der Waals surface area contributed by atoms with Gasteiger partial charge >= 0.3 is 0 Å². The van der Waals surface area contributed by atoms with Crippen molar-refractivity contribution in [2.45, 2.75) is 32.2 Å². The molecular formula is C13H15F2N3. The summed E-state index contributed by atoms with van der Waals surface area (Å²) in [4.78, 5) is 4.06. The zero-order chi connectivity index (χ0) is 12.7. The van der Waals surface area contributed by atoms with E-state index in [2.05, 4.69) is 4.98 Å². The molecule has 0 amide bonds. The van der Waals surface area contributed by atoms with Crippen molar-refractivity contribution in [3.05, 3.63) is 23.8 Å². The molecule has 1 aromatic carbocycles. The fraction of sp³-hybridized carbons (Fsp3) is 0.462. The maximum atomic E-state index is 13.8. The Morgan fingerprint density at radius 1 is 1.33 bits per heavy atom. The van der Waals surface area contributed by atoms with Crippen molar-refractivity contribution in [3.8, 4) is 0 Å². The molecule has 0 bridgehead atoms. The lowest BCUT2D eigenvalue weighted by atomic mass is 10.2. The van der Waals surface area contributed by atoms with Gasteiger partial charge in [0, 0.05) is 6.54 Å². The Kier molecular flexibility index (Phi) is 2.69. The Balaban J connectivity index is 1.92. The number of nitrogens with two attached hydrogens (primary N) is 1. The van der Waals surface area contributed by atoms with Gasteiger partial charge in [-0.15, -0.1) is 0 Å². The van der Waals surface area contributed by atoms with E-state index in [1.165, 1.54) is 18.9 Å². The van der Waals surface area contributed by atoms with Crippen LogP contribution in [0.3, 0.4) is 0 Å². The van der Waals surface area contributed by atoms with Crippen LogP contribution < -0.4 is 5.73 Å². The smallest absolute Gasteiger partial charge is 0.201 e. The molecule has 1 heterocycles. The van der Waals surface area contributed by atoms with Gasteiger partial charge in [0.1, 0.15) is 5.52 Å². The molecule has 5 heteroatoms. The number of nitrogen functional groups attached to an aromatic ring is 1. The molecule has 18 heavy (non-hydrogen) atoms. The fourth-order valence-corrected chi connectivity index (χ4v) is 2.35. The Morgan fingerprint density at radius 2 is 2.11 bits per heavy atom. The van der Waals surface area contributed by atoms with E-state index >= 15 is 0 Å². The quantitative estimate of drug-likeness (QED) is 0.907. The Morgan fingerprint density at radius 3 is 2.83 bits per heavy atom. The number of nitrogens with zero attached hydrogens (tertiary/aromatic N) is 2. The third-order valence-corrected chi connectivity index (χ3v) is 3.52. The summed E-state index contributed by atoms with van der Waals surface area (Å²) in [6.45, 7) is 0.596. The van der Waals surface area contributed by atoms with E-state index in [0.29, 0.717) is 12.1 Å². The first-order chi connectivity index (χ1) is 8.66. The second-order valence-electron chi connectivity index (χ2n) is 4.94. The summed E-state index contributed by atoms with van der Waals surface area (Å²) in [7, 11) is 0. The SMILES string of the molecule is Nc1nc2ccc(F)c(F)c2n1CCCC1CC1. The van der Waals surface area contributed by atoms with Gasteiger partial charge < -0.3 is 10.3 Å². The predicted octanol–water partition coefficient (Wildman–Crippen LogP) is 3.09. The summed E-state index contributed by atoms with van der Waals surface area (Å²) in [6, 6.07) is 2.54. The molecule has 0 saturated heterocycles. The number of benzene rings is 1. The largest absolute Gasteiger partial charge is 0.369 e. The van der Waals surface area contributed by atoms with Crippen molar-refractivity contribution in [2.24, 2.45) is 5.92 Å². The number of halogens is 2. The third kappa shape index (κ3) is 1.94. The minimum absolute atomic E-state index is 0.184. The molecular weight excluding hydrogens is 236 g/mol. The lowest BCUT2D eigenvalue weighted by Crippen LogP contribution is -2.05. The summed E-state index contributed by atoms with van der Waals surface area (Å²) in [6.07, 6.45) is 4.64. The highest BCUT2D eigenvalue weighted by Gasteiger charge is 2.21. The summed E-state index contributed by atoms with van der Waals surface area (Å²) in [5.41, 5.74) is 6.37. The summed E-state index contributed by atoms with van der Waals surface area (Å²) in [5.74, 6) is -0.637. The van der Waals surface area contributed by atoms with Crippen LogP contribution in [-0.4, -0.2) is 9.55 Å². The molecule has 1 aliphatic carbocycles. The number of fused-ring (bicyclic) bond motifs is 1. The molecule has 0 spiro atoms. The minimum Gasteiger partial charge on any atom is -0.369 e. The first-order valence-corrected chi connectivity index (χ1v) is 6.26. The molecule has 0 aliphatic heterocycles. The average Bonchev–Trinajstić information content (AvgIpc) is 3.10. The molecule has 96 valence electrons. The molecule has 2 aromatic rings. The lowest BCUT2D eigenvalue weighted by Gasteiger charge is -2.06. The number of rotatable bonds is 4. The molecule has 0 atom stereocenters. The van der Waals surface area contributed by atoms with E-state index in [-0.39, 0.29) is 11.5 Å². The van der Waals surface area contributed by atoms with Crippen LogP contribution >= 0.6 is 0 Å². The van der Waals surface area contributed by atoms with Crippen LogP contribution in [0, 0.1) is 17.6 Å². The molecule has 2 N–H and O–H groups in total. The highest BCUT2D eigenvalue weighted by atomic mass is 19.2. The molecule has 3 rings (SSSR count). The van der Waals surface area contributed by atoms with Crippen molar-refractivity contribution in [1.29, 1.82) is 0 Å². The van der Waals surface area contributed by atoms with Crippen LogP contribution in [0.1, 0.15) is 25.7 Å². The van der Waals surface area contributed by atoms with Gasteiger partial charge in [0.2, 0.25) is 5.95 Å². The Labute approximate surface area is 104 Å². The zero-order valence-electron chi connectivity index (χ0n) is 10.00. The van der Waals surface area contributed by atoms with Crippen molar-refractivity contribution in [3.63, 3.8) is 0 Å². The normalized spacial score (nSPS) is 15.4. The summed E-state index contributed by atoms with van der Waals surface area (Å²) >= 11 is 0. The van der Waals surface area contributed by atoms with Crippen molar-refractivity contribution < 1.29 is 8.78 Å². The van der Waals surface area contributed by atoms with Gasteiger partial charge in [-0.1, -0.05) is 12.8 Å². The second-order valence-corrected chi connectivity index (χ2v) is 4.94. The van der Waals surface area contributed by atoms with E-state index in [4.69, 9.17) is 5.73 Å². The van der Waals surface area contributed by atoms with Crippen molar-refractivity contribution in [1.82, 2.24) is 9.55 Å². The topological polar surface area (TPSA) is 43.8 Å². The van der Waals surface area contributed by atoms with Crippen LogP contribution in [0.25, 0.3) is 11.0 Å². The van der Waals surface area contributed by atoms with Gasteiger partial charge in [0.15, 0.2) is 11.6 Å². The minimum atomic E-state index is -0.858. The van der Waals surface area contributed by atoms with E-state index in [9.17, 15) is 8.78 Å². The maximum Gasteiger partial charge on any atom is 0.201 e.